The highest BCUT2D eigenvalue weighted by molar-refractivity contribution is 14.0. The molecule has 2 rings (SSSR count). The van der Waals surface area contributed by atoms with Crippen LogP contribution in [0.25, 0.3) is 0 Å². The van der Waals surface area contributed by atoms with Crippen LogP contribution in [0.4, 0.5) is 0 Å². The molecular formula is C17H28IN3O2. The maximum atomic E-state index is 5.92. The Morgan fingerprint density at radius 1 is 1.26 bits per heavy atom. The van der Waals surface area contributed by atoms with Crippen molar-refractivity contribution in [3.8, 4) is 11.5 Å². The zero-order chi connectivity index (χ0) is 15.6. The van der Waals surface area contributed by atoms with Crippen LogP contribution in [0.3, 0.4) is 0 Å². The smallest absolute Gasteiger partial charge is 0.188 e. The molecule has 23 heavy (non-hydrogen) atoms. The molecule has 3 N–H and O–H groups in total. The first-order valence-electron chi connectivity index (χ1n) is 8.11. The summed E-state index contributed by atoms with van der Waals surface area (Å²) in [7, 11) is 1.65. The summed E-state index contributed by atoms with van der Waals surface area (Å²) in [5.74, 6) is 2.18. The van der Waals surface area contributed by atoms with E-state index in [1.165, 1.54) is 32.1 Å². The summed E-state index contributed by atoms with van der Waals surface area (Å²) in [4.78, 5) is 4.36. The van der Waals surface area contributed by atoms with E-state index in [1.54, 1.807) is 7.11 Å². The number of methoxy groups -OCH3 is 1. The molecule has 1 saturated carbocycles. The molecule has 1 aliphatic rings. The van der Waals surface area contributed by atoms with Crippen LogP contribution in [0.2, 0.25) is 0 Å². The van der Waals surface area contributed by atoms with Crippen molar-refractivity contribution in [2.75, 3.05) is 20.3 Å². The van der Waals surface area contributed by atoms with Gasteiger partial charge >= 0.3 is 0 Å². The number of hydrogen-bond donors (Lipinski definition) is 2. The van der Waals surface area contributed by atoms with E-state index in [-0.39, 0.29) is 24.0 Å². The molecule has 5 nitrogen and oxygen atoms in total. The van der Waals surface area contributed by atoms with E-state index in [4.69, 9.17) is 15.2 Å². The van der Waals surface area contributed by atoms with Crippen LogP contribution in [-0.4, -0.2) is 32.3 Å². The van der Waals surface area contributed by atoms with Gasteiger partial charge in [-0.1, -0.05) is 25.3 Å². The normalized spacial score (nSPS) is 15.6. The van der Waals surface area contributed by atoms with E-state index < -0.39 is 0 Å². The van der Waals surface area contributed by atoms with Gasteiger partial charge in [0.05, 0.1) is 13.7 Å². The minimum Gasteiger partial charge on any atom is -0.497 e. The van der Waals surface area contributed by atoms with Crippen molar-refractivity contribution < 1.29 is 9.47 Å². The Bertz CT molecular complexity index is 477. The van der Waals surface area contributed by atoms with Gasteiger partial charge in [-0.3, -0.25) is 4.99 Å². The van der Waals surface area contributed by atoms with E-state index in [0.29, 0.717) is 25.2 Å². The fourth-order valence-electron chi connectivity index (χ4n) is 2.65. The third kappa shape index (κ3) is 7.76. The van der Waals surface area contributed by atoms with E-state index >= 15 is 0 Å². The summed E-state index contributed by atoms with van der Waals surface area (Å²) in [6, 6.07) is 8.12. The molecule has 0 heterocycles. The van der Waals surface area contributed by atoms with E-state index in [1.807, 2.05) is 24.3 Å². The Hall–Kier alpha value is -1.18. The summed E-state index contributed by atoms with van der Waals surface area (Å²) in [6.45, 7) is 1.29. The lowest BCUT2D eigenvalue weighted by atomic mass is 9.96. The monoisotopic (exact) mass is 433 g/mol. The number of nitrogens with two attached hydrogens (primary N) is 1. The number of halogens is 1. The molecule has 1 aromatic rings. The molecule has 0 spiro atoms. The zero-order valence-corrected chi connectivity index (χ0v) is 16.1. The second-order valence-corrected chi connectivity index (χ2v) is 5.63. The topological polar surface area (TPSA) is 68.9 Å². The highest BCUT2D eigenvalue weighted by atomic mass is 127. The first kappa shape index (κ1) is 19.9. The Kier molecular flexibility index (Phi) is 9.82. The molecule has 0 aliphatic heterocycles. The van der Waals surface area contributed by atoms with Crippen LogP contribution in [0.1, 0.15) is 38.5 Å². The molecule has 0 atom stereocenters. The minimum absolute atomic E-state index is 0. The first-order valence-corrected chi connectivity index (χ1v) is 8.11. The van der Waals surface area contributed by atoms with Crippen LogP contribution in [0.5, 0.6) is 11.5 Å². The SMILES string of the molecule is COc1cccc(OCCCN=C(N)NC2CCCCC2)c1.I. The van der Waals surface area contributed by atoms with Crippen molar-refractivity contribution >= 4 is 29.9 Å². The predicted octanol–water partition coefficient (Wildman–Crippen LogP) is 3.32. The summed E-state index contributed by atoms with van der Waals surface area (Å²) in [5, 5.41) is 3.31. The van der Waals surface area contributed by atoms with Gasteiger partial charge in [0.1, 0.15) is 11.5 Å². The number of hydrogen-bond acceptors (Lipinski definition) is 3. The minimum atomic E-state index is 0. The summed E-state index contributed by atoms with van der Waals surface area (Å²) in [6.07, 6.45) is 7.17. The van der Waals surface area contributed by atoms with Crippen molar-refractivity contribution in [2.45, 2.75) is 44.6 Å². The molecule has 130 valence electrons. The average molecular weight is 433 g/mol. The van der Waals surface area contributed by atoms with Gasteiger partial charge in [-0.2, -0.15) is 0 Å². The molecule has 0 radical (unpaired) electrons. The lowest BCUT2D eigenvalue weighted by Crippen LogP contribution is -2.41. The van der Waals surface area contributed by atoms with Gasteiger partial charge < -0.3 is 20.5 Å². The molecule has 0 amide bonds. The number of rotatable bonds is 7. The summed E-state index contributed by atoms with van der Waals surface area (Å²) in [5.41, 5.74) is 5.92. The van der Waals surface area contributed by atoms with E-state index in [9.17, 15) is 0 Å². The second-order valence-electron chi connectivity index (χ2n) is 5.63. The van der Waals surface area contributed by atoms with Crippen molar-refractivity contribution in [3.05, 3.63) is 24.3 Å². The zero-order valence-electron chi connectivity index (χ0n) is 13.8. The highest BCUT2D eigenvalue weighted by Gasteiger charge is 2.12. The van der Waals surface area contributed by atoms with Gasteiger partial charge in [-0.25, -0.2) is 0 Å². The largest absolute Gasteiger partial charge is 0.497 e. The fraction of sp³-hybridized carbons (Fsp3) is 0.588. The Morgan fingerprint density at radius 3 is 2.74 bits per heavy atom. The van der Waals surface area contributed by atoms with Crippen LogP contribution in [0.15, 0.2) is 29.3 Å². The molecular weight excluding hydrogens is 405 g/mol. The Morgan fingerprint density at radius 2 is 2.00 bits per heavy atom. The molecule has 1 fully saturated rings. The molecule has 1 aromatic carbocycles. The Balaban J connectivity index is 0.00000264. The second kappa shape index (κ2) is 11.4. The van der Waals surface area contributed by atoms with Crippen molar-refractivity contribution in [2.24, 2.45) is 10.7 Å². The third-order valence-corrected chi connectivity index (χ3v) is 3.85. The highest BCUT2D eigenvalue weighted by Crippen LogP contribution is 2.19. The molecule has 0 aromatic heterocycles. The van der Waals surface area contributed by atoms with Crippen LogP contribution >= 0.6 is 24.0 Å². The number of guanidine groups is 1. The first-order chi connectivity index (χ1) is 10.8. The van der Waals surface area contributed by atoms with Gasteiger partial charge in [0.25, 0.3) is 0 Å². The molecule has 6 heteroatoms. The van der Waals surface area contributed by atoms with Crippen LogP contribution < -0.4 is 20.5 Å². The number of nitrogens with zero attached hydrogens (tertiary/aromatic N) is 1. The van der Waals surface area contributed by atoms with Crippen molar-refractivity contribution in [1.29, 1.82) is 0 Å². The van der Waals surface area contributed by atoms with Crippen LogP contribution in [0, 0.1) is 0 Å². The molecule has 1 aliphatic carbocycles. The van der Waals surface area contributed by atoms with E-state index in [2.05, 4.69) is 10.3 Å². The summed E-state index contributed by atoms with van der Waals surface area (Å²) >= 11 is 0. The lowest BCUT2D eigenvalue weighted by molar-refractivity contribution is 0.311. The van der Waals surface area contributed by atoms with E-state index in [0.717, 1.165) is 17.9 Å². The van der Waals surface area contributed by atoms with Gasteiger partial charge in [0.15, 0.2) is 5.96 Å². The van der Waals surface area contributed by atoms with Gasteiger partial charge in [-0.15, -0.1) is 24.0 Å². The molecule has 0 unspecified atom stereocenters. The van der Waals surface area contributed by atoms with Gasteiger partial charge in [0.2, 0.25) is 0 Å². The molecule has 0 saturated heterocycles. The maximum Gasteiger partial charge on any atom is 0.188 e. The quantitative estimate of drug-likeness (QED) is 0.300. The van der Waals surface area contributed by atoms with Gasteiger partial charge in [0, 0.05) is 25.1 Å². The fourth-order valence-corrected chi connectivity index (χ4v) is 2.65. The molecule has 0 bridgehead atoms. The van der Waals surface area contributed by atoms with Crippen molar-refractivity contribution in [3.63, 3.8) is 0 Å². The van der Waals surface area contributed by atoms with Crippen LogP contribution in [-0.2, 0) is 0 Å². The maximum absolute atomic E-state index is 5.92. The average Bonchev–Trinajstić information content (AvgIpc) is 2.55. The predicted molar refractivity (Wildman–Crippen MR) is 105 cm³/mol. The Labute approximate surface area is 156 Å². The standard InChI is InChI=1S/C17H27N3O2.HI/c1-21-15-9-5-10-16(13-15)22-12-6-11-19-17(18)20-14-7-3-2-4-8-14;/h5,9-10,13-14H,2-4,6-8,11-12H2,1H3,(H3,18,19,20);1H. The number of benzene rings is 1. The number of nitrogens with one attached hydrogen (secondary N) is 1. The number of aliphatic imine (C=N–C) groups is 1. The van der Waals surface area contributed by atoms with Crippen molar-refractivity contribution in [1.82, 2.24) is 5.32 Å². The number of ether oxygens (including phenoxy) is 2. The summed E-state index contributed by atoms with van der Waals surface area (Å²) < 4.78 is 10.8. The third-order valence-electron chi connectivity index (χ3n) is 3.85. The van der Waals surface area contributed by atoms with Gasteiger partial charge in [-0.05, 0) is 25.0 Å². The lowest BCUT2D eigenvalue weighted by Gasteiger charge is -2.23.